The van der Waals surface area contributed by atoms with E-state index in [2.05, 4.69) is 25.7 Å². The van der Waals surface area contributed by atoms with Crippen molar-refractivity contribution in [3.8, 4) is 0 Å². The monoisotopic (exact) mass is 223 g/mol. The molecule has 0 aromatic rings. The number of hydrogen-bond donors (Lipinski definition) is 0. The van der Waals surface area contributed by atoms with Gasteiger partial charge in [0.05, 0.1) is 0 Å². The van der Waals surface area contributed by atoms with Crippen molar-refractivity contribution in [3.05, 3.63) is 0 Å². The van der Waals surface area contributed by atoms with Crippen LogP contribution in [0.15, 0.2) is 0 Å². The Kier molecular flexibility index (Phi) is 4.29. The molecule has 16 heavy (non-hydrogen) atoms. The summed E-state index contributed by atoms with van der Waals surface area (Å²) in [4.78, 5) is 2.87. The minimum atomic E-state index is 0.812. The fraction of sp³-hybridized carbons (Fsp3) is 1.00. The second-order valence-corrected chi connectivity index (χ2v) is 6.24. The van der Waals surface area contributed by atoms with Crippen molar-refractivity contribution in [3.63, 3.8) is 0 Å². The van der Waals surface area contributed by atoms with Gasteiger partial charge in [0.25, 0.3) is 0 Å². The van der Waals surface area contributed by atoms with Gasteiger partial charge in [-0.15, -0.1) is 0 Å². The number of nitrogens with zero attached hydrogens (tertiary/aromatic N) is 1. The first-order chi connectivity index (χ1) is 7.70. The Labute approximate surface area is 102 Å². The molecule has 0 N–H and O–H groups in total. The van der Waals surface area contributed by atoms with Crippen LogP contribution in [0.2, 0.25) is 0 Å². The van der Waals surface area contributed by atoms with Crippen LogP contribution in [-0.2, 0) is 0 Å². The van der Waals surface area contributed by atoms with Gasteiger partial charge in [-0.25, -0.2) is 0 Å². The van der Waals surface area contributed by atoms with Gasteiger partial charge >= 0.3 is 0 Å². The summed E-state index contributed by atoms with van der Waals surface area (Å²) in [5.41, 5.74) is 0. The van der Waals surface area contributed by atoms with E-state index in [1.807, 2.05) is 0 Å². The van der Waals surface area contributed by atoms with Gasteiger partial charge in [0.15, 0.2) is 0 Å². The Balaban J connectivity index is 2.03. The summed E-state index contributed by atoms with van der Waals surface area (Å²) in [7, 11) is 0. The van der Waals surface area contributed by atoms with Gasteiger partial charge in [0.2, 0.25) is 0 Å². The zero-order chi connectivity index (χ0) is 11.5. The second kappa shape index (κ2) is 5.53. The summed E-state index contributed by atoms with van der Waals surface area (Å²) in [5.74, 6) is 0.902. The van der Waals surface area contributed by atoms with Crippen LogP contribution in [0.4, 0.5) is 0 Å². The number of rotatable bonds is 1. The molecular formula is C15H29N. The third-order valence-electron chi connectivity index (χ3n) is 5.09. The zero-order valence-electron chi connectivity index (χ0n) is 11.4. The first-order valence-corrected chi connectivity index (χ1v) is 7.47. The Hall–Kier alpha value is -0.0400. The van der Waals surface area contributed by atoms with Crippen LogP contribution in [0, 0.1) is 5.92 Å². The van der Waals surface area contributed by atoms with Gasteiger partial charge in [-0.05, 0) is 45.4 Å². The van der Waals surface area contributed by atoms with Crippen molar-refractivity contribution in [2.24, 2.45) is 5.92 Å². The van der Waals surface area contributed by atoms with Crippen molar-refractivity contribution in [2.45, 2.75) is 90.3 Å². The highest BCUT2D eigenvalue weighted by molar-refractivity contribution is 4.89. The van der Waals surface area contributed by atoms with Gasteiger partial charge in [-0.2, -0.15) is 0 Å². The van der Waals surface area contributed by atoms with Crippen LogP contribution in [0.5, 0.6) is 0 Å². The van der Waals surface area contributed by atoms with E-state index < -0.39 is 0 Å². The van der Waals surface area contributed by atoms with Gasteiger partial charge in [-0.1, -0.05) is 32.6 Å². The highest BCUT2D eigenvalue weighted by atomic mass is 15.2. The van der Waals surface area contributed by atoms with Gasteiger partial charge < -0.3 is 0 Å². The summed E-state index contributed by atoms with van der Waals surface area (Å²) >= 11 is 0. The maximum atomic E-state index is 2.87. The molecule has 2 fully saturated rings. The highest BCUT2D eigenvalue weighted by Gasteiger charge is 2.34. The molecule has 94 valence electrons. The fourth-order valence-corrected chi connectivity index (χ4v) is 3.84. The standard InChI is InChI=1S/C15H29N/c1-12-10-11-13(2)16(14(12)3)15-8-6-4-5-7-9-15/h12-15H,4-11H2,1-3H3. The molecule has 0 spiro atoms. The quantitative estimate of drug-likeness (QED) is 0.602. The summed E-state index contributed by atoms with van der Waals surface area (Å²) in [6.45, 7) is 7.36. The lowest BCUT2D eigenvalue weighted by Gasteiger charge is -2.47. The van der Waals surface area contributed by atoms with Crippen molar-refractivity contribution in [1.82, 2.24) is 4.90 Å². The Morgan fingerprint density at radius 2 is 1.38 bits per heavy atom. The smallest absolute Gasteiger partial charge is 0.0101 e. The third-order valence-corrected chi connectivity index (χ3v) is 5.09. The van der Waals surface area contributed by atoms with E-state index in [9.17, 15) is 0 Å². The Morgan fingerprint density at radius 3 is 2.00 bits per heavy atom. The normalized spacial score (nSPS) is 39.6. The molecule has 0 amide bonds. The van der Waals surface area contributed by atoms with E-state index in [-0.39, 0.29) is 0 Å². The van der Waals surface area contributed by atoms with Crippen molar-refractivity contribution < 1.29 is 0 Å². The molecule has 1 saturated carbocycles. The topological polar surface area (TPSA) is 3.24 Å². The molecule has 0 aromatic carbocycles. The highest BCUT2D eigenvalue weighted by Crippen LogP contribution is 2.33. The largest absolute Gasteiger partial charge is 0.295 e. The maximum Gasteiger partial charge on any atom is 0.0101 e. The van der Waals surface area contributed by atoms with Crippen LogP contribution >= 0.6 is 0 Å². The van der Waals surface area contributed by atoms with Crippen molar-refractivity contribution in [1.29, 1.82) is 0 Å². The van der Waals surface area contributed by atoms with E-state index in [1.54, 1.807) is 0 Å². The lowest BCUT2D eigenvalue weighted by molar-refractivity contribution is 0.0176. The van der Waals surface area contributed by atoms with Gasteiger partial charge in [-0.3, -0.25) is 4.90 Å². The molecule has 1 saturated heterocycles. The molecule has 1 heteroatoms. The minimum Gasteiger partial charge on any atom is -0.295 e. The zero-order valence-corrected chi connectivity index (χ0v) is 11.4. The van der Waals surface area contributed by atoms with E-state index in [1.165, 1.54) is 51.4 Å². The molecule has 0 radical (unpaired) electrons. The first-order valence-electron chi connectivity index (χ1n) is 7.47. The first kappa shape index (κ1) is 12.4. The third kappa shape index (κ3) is 2.61. The minimum absolute atomic E-state index is 0.812. The fourth-order valence-electron chi connectivity index (χ4n) is 3.84. The van der Waals surface area contributed by atoms with Crippen LogP contribution in [0.1, 0.15) is 72.1 Å². The van der Waals surface area contributed by atoms with Gasteiger partial charge in [0.1, 0.15) is 0 Å². The van der Waals surface area contributed by atoms with Crippen LogP contribution in [0.3, 0.4) is 0 Å². The SMILES string of the molecule is CC1CCC(C)N(C2CCCCCC2)C1C. The average Bonchev–Trinajstić information content (AvgIpc) is 2.53. The second-order valence-electron chi connectivity index (χ2n) is 6.24. The van der Waals surface area contributed by atoms with Gasteiger partial charge in [0, 0.05) is 18.1 Å². The molecular weight excluding hydrogens is 194 g/mol. The predicted octanol–water partition coefficient (Wildman–Crippen LogP) is 4.22. The molecule has 1 aliphatic carbocycles. The maximum absolute atomic E-state index is 2.87. The van der Waals surface area contributed by atoms with Crippen molar-refractivity contribution >= 4 is 0 Å². The number of likely N-dealkylation sites (tertiary alicyclic amines) is 1. The van der Waals surface area contributed by atoms with Crippen LogP contribution in [0.25, 0.3) is 0 Å². The summed E-state index contributed by atoms with van der Waals surface area (Å²) in [6, 6.07) is 2.54. The molecule has 3 atom stereocenters. The Bertz CT molecular complexity index is 205. The van der Waals surface area contributed by atoms with Crippen LogP contribution in [-0.4, -0.2) is 23.0 Å². The number of piperidine rings is 1. The molecule has 1 heterocycles. The summed E-state index contributed by atoms with van der Waals surface area (Å²) < 4.78 is 0. The van der Waals surface area contributed by atoms with E-state index >= 15 is 0 Å². The molecule has 1 aliphatic heterocycles. The molecule has 2 rings (SSSR count). The molecule has 0 bridgehead atoms. The van der Waals surface area contributed by atoms with Crippen molar-refractivity contribution in [2.75, 3.05) is 0 Å². The Morgan fingerprint density at radius 1 is 0.750 bits per heavy atom. The lowest BCUT2D eigenvalue weighted by Crippen LogP contribution is -2.52. The molecule has 0 aromatic heterocycles. The molecule has 2 aliphatic rings. The van der Waals surface area contributed by atoms with E-state index in [4.69, 9.17) is 0 Å². The van der Waals surface area contributed by atoms with E-state index in [0.29, 0.717) is 0 Å². The predicted molar refractivity (Wildman–Crippen MR) is 70.7 cm³/mol. The molecule has 1 nitrogen and oxygen atoms in total. The molecule has 3 unspecified atom stereocenters. The average molecular weight is 223 g/mol. The number of hydrogen-bond acceptors (Lipinski definition) is 1. The lowest BCUT2D eigenvalue weighted by atomic mass is 9.85. The summed E-state index contributed by atoms with van der Waals surface area (Å²) in [5, 5.41) is 0. The van der Waals surface area contributed by atoms with Crippen LogP contribution < -0.4 is 0 Å². The van der Waals surface area contributed by atoms with E-state index in [0.717, 1.165) is 24.0 Å². The summed E-state index contributed by atoms with van der Waals surface area (Å²) in [6.07, 6.45) is 11.7.